The molecule has 146 valence electrons. The third kappa shape index (κ3) is 5.40. The maximum absolute atomic E-state index is 12.6. The van der Waals surface area contributed by atoms with Crippen molar-refractivity contribution in [2.75, 3.05) is 23.2 Å². The highest BCUT2D eigenvalue weighted by atomic mass is 32.2. The number of sulfonamides is 1. The molecule has 0 fully saturated rings. The van der Waals surface area contributed by atoms with Crippen molar-refractivity contribution >= 4 is 34.0 Å². The molecule has 0 amide bonds. The van der Waals surface area contributed by atoms with E-state index in [1.54, 1.807) is 42.7 Å². The number of thiol groups is 1. The number of nitrogens with zero attached hydrogens (tertiary/aromatic N) is 1. The van der Waals surface area contributed by atoms with Crippen molar-refractivity contribution in [3.05, 3.63) is 72.6 Å². The zero-order valence-electron chi connectivity index (χ0n) is 15.3. The van der Waals surface area contributed by atoms with Crippen molar-refractivity contribution in [3.8, 4) is 5.75 Å². The van der Waals surface area contributed by atoms with Crippen LogP contribution in [0, 0.1) is 6.92 Å². The fourth-order valence-electron chi connectivity index (χ4n) is 2.62. The molecule has 0 spiro atoms. The van der Waals surface area contributed by atoms with E-state index in [4.69, 9.17) is 4.74 Å². The molecule has 3 aromatic rings. The van der Waals surface area contributed by atoms with Gasteiger partial charge in [0.2, 0.25) is 0 Å². The average molecular weight is 416 g/mol. The third-order valence-electron chi connectivity index (χ3n) is 3.84. The Bertz CT molecular complexity index is 1040. The summed E-state index contributed by atoms with van der Waals surface area (Å²) in [6.07, 6.45) is 3.43. The molecule has 2 N–H and O–H groups in total. The van der Waals surface area contributed by atoms with Gasteiger partial charge in [-0.2, -0.15) is 0 Å². The summed E-state index contributed by atoms with van der Waals surface area (Å²) >= 11 is 4.23. The van der Waals surface area contributed by atoms with Crippen molar-refractivity contribution in [1.82, 2.24) is 4.98 Å². The fraction of sp³-hybridized carbons (Fsp3) is 0.150. The molecule has 0 bridgehead atoms. The zero-order valence-corrected chi connectivity index (χ0v) is 17.0. The third-order valence-corrected chi connectivity index (χ3v) is 5.82. The number of pyridine rings is 1. The normalized spacial score (nSPS) is 11.1. The van der Waals surface area contributed by atoms with Crippen LogP contribution < -0.4 is 14.8 Å². The average Bonchev–Trinajstić information content (AvgIpc) is 2.65. The minimum Gasteiger partial charge on any atom is -0.492 e. The molecule has 1 aromatic heterocycles. The molecule has 0 radical (unpaired) electrons. The lowest BCUT2D eigenvalue weighted by atomic mass is 10.2. The summed E-state index contributed by atoms with van der Waals surface area (Å²) in [5, 5.41) is 3.23. The lowest BCUT2D eigenvalue weighted by Crippen LogP contribution is -2.14. The van der Waals surface area contributed by atoms with Gasteiger partial charge in [0.05, 0.1) is 5.69 Å². The molecule has 6 nitrogen and oxygen atoms in total. The van der Waals surface area contributed by atoms with Crippen LogP contribution in [0.3, 0.4) is 0 Å². The molecule has 1 heterocycles. The minimum absolute atomic E-state index is 0.129. The monoisotopic (exact) mass is 415 g/mol. The quantitative estimate of drug-likeness (QED) is 0.383. The molecule has 3 rings (SSSR count). The van der Waals surface area contributed by atoms with E-state index in [9.17, 15) is 8.42 Å². The van der Waals surface area contributed by atoms with Crippen LogP contribution in [0.5, 0.6) is 5.75 Å². The smallest absolute Gasteiger partial charge is 0.263 e. The summed E-state index contributed by atoms with van der Waals surface area (Å²) in [4.78, 5) is 4.48. The predicted molar refractivity (Wildman–Crippen MR) is 114 cm³/mol. The minimum atomic E-state index is -3.74. The zero-order chi connectivity index (χ0) is 20.0. The number of ether oxygens (including phenoxy) is 1. The van der Waals surface area contributed by atoms with E-state index in [1.165, 1.54) is 6.07 Å². The summed E-state index contributed by atoms with van der Waals surface area (Å²) in [7, 11) is -3.74. The largest absolute Gasteiger partial charge is 0.492 e. The predicted octanol–water partition coefficient (Wildman–Crippen LogP) is 3.97. The van der Waals surface area contributed by atoms with Crippen LogP contribution in [0.25, 0.3) is 0 Å². The van der Waals surface area contributed by atoms with E-state index in [-0.39, 0.29) is 4.90 Å². The molecule has 0 atom stereocenters. The Kier molecular flexibility index (Phi) is 6.43. The molecule has 8 heteroatoms. The summed E-state index contributed by atoms with van der Waals surface area (Å²) in [6.45, 7) is 2.91. The van der Waals surface area contributed by atoms with Gasteiger partial charge < -0.3 is 10.1 Å². The van der Waals surface area contributed by atoms with Crippen molar-refractivity contribution < 1.29 is 13.2 Å². The van der Waals surface area contributed by atoms with Gasteiger partial charge >= 0.3 is 0 Å². The number of hydrogen-bond acceptors (Lipinski definition) is 6. The van der Waals surface area contributed by atoms with Gasteiger partial charge in [0.15, 0.2) is 0 Å². The molecule has 0 unspecified atom stereocenters. The molecule has 0 aliphatic heterocycles. The van der Waals surface area contributed by atoms with Crippen molar-refractivity contribution in [2.24, 2.45) is 0 Å². The van der Waals surface area contributed by atoms with Gasteiger partial charge in [-0.3, -0.25) is 9.71 Å². The highest BCUT2D eigenvalue weighted by Gasteiger charge is 2.17. The van der Waals surface area contributed by atoms with Crippen molar-refractivity contribution in [3.63, 3.8) is 0 Å². The SMILES string of the molecule is Cc1cc(NS(=O)(=O)c2ccccc2S)cc(OCCNc2ccncc2)c1. The summed E-state index contributed by atoms with van der Waals surface area (Å²) < 4.78 is 33.7. The van der Waals surface area contributed by atoms with Crippen LogP contribution in [0.1, 0.15) is 5.56 Å². The standard InChI is InChI=1S/C20H21N3O3S2/c1-15-12-17(23-28(24,25)20-5-3-2-4-19(20)27)14-18(13-15)26-11-10-22-16-6-8-21-9-7-16/h2-9,12-14,23,27H,10-11H2,1H3,(H,21,22). The molecule has 0 saturated carbocycles. The number of nitrogens with one attached hydrogen (secondary N) is 2. The van der Waals surface area contributed by atoms with Crippen LogP contribution in [-0.4, -0.2) is 26.6 Å². The van der Waals surface area contributed by atoms with Crippen molar-refractivity contribution in [2.45, 2.75) is 16.7 Å². The van der Waals surface area contributed by atoms with E-state index in [0.29, 0.717) is 29.5 Å². The van der Waals surface area contributed by atoms with E-state index >= 15 is 0 Å². The lowest BCUT2D eigenvalue weighted by molar-refractivity contribution is 0.333. The van der Waals surface area contributed by atoms with Gasteiger partial charge in [-0.05, 0) is 48.9 Å². The number of aromatic nitrogens is 1. The van der Waals surface area contributed by atoms with Gasteiger partial charge in [-0.15, -0.1) is 12.6 Å². The molecular formula is C20H21N3O3S2. The summed E-state index contributed by atoms with van der Waals surface area (Å²) in [5.74, 6) is 0.591. The second kappa shape index (κ2) is 8.99. The van der Waals surface area contributed by atoms with Gasteiger partial charge in [0.1, 0.15) is 17.3 Å². The number of rotatable bonds is 8. The van der Waals surface area contributed by atoms with Gasteiger partial charge in [0, 0.05) is 35.6 Å². The van der Waals surface area contributed by atoms with Crippen LogP contribution >= 0.6 is 12.6 Å². The van der Waals surface area contributed by atoms with Crippen molar-refractivity contribution in [1.29, 1.82) is 0 Å². The lowest BCUT2D eigenvalue weighted by Gasteiger charge is -2.13. The first-order valence-corrected chi connectivity index (χ1v) is 10.6. The number of hydrogen-bond donors (Lipinski definition) is 3. The first kappa shape index (κ1) is 20.0. The Morgan fingerprint density at radius 3 is 2.54 bits per heavy atom. The van der Waals surface area contributed by atoms with Crippen LogP contribution in [0.15, 0.2) is 76.8 Å². The fourth-order valence-corrected chi connectivity index (χ4v) is 4.28. The summed E-state index contributed by atoms with van der Waals surface area (Å²) in [5.41, 5.74) is 2.28. The van der Waals surface area contributed by atoms with E-state index in [1.807, 2.05) is 25.1 Å². The number of anilines is 2. The molecule has 2 aromatic carbocycles. The van der Waals surface area contributed by atoms with E-state index in [0.717, 1.165) is 11.3 Å². The first-order valence-electron chi connectivity index (χ1n) is 8.63. The molecule has 0 aliphatic rings. The van der Waals surface area contributed by atoms with Gasteiger partial charge in [-0.25, -0.2) is 8.42 Å². The topological polar surface area (TPSA) is 80.3 Å². The van der Waals surface area contributed by atoms with Crippen LogP contribution in [-0.2, 0) is 10.0 Å². The Labute approximate surface area is 170 Å². The molecular weight excluding hydrogens is 394 g/mol. The van der Waals surface area contributed by atoms with Crippen LogP contribution in [0.2, 0.25) is 0 Å². The maximum Gasteiger partial charge on any atom is 0.263 e. The van der Waals surface area contributed by atoms with Crippen LogP contribution in [0.4, 0.5) is 11.4 Å². The number of benzene rings is 2. The maximum atomic E-state index is 12.6. The van der Waals surface area contributed by atoms with Gasteiger partial charge in [-0.1, -0.05) is 12.1 Å². The van der Waals surface area contributed by atoms with E-state index in [2.05, 4.69) is 27.7 Å². The highest BCUT2D eigenvalue weighted by molar-refractivity contribution is 7.93. The summed E-state index contributed by atoms with van der Waals surface area (Å²) in [6, 6.07) is 15.6. The Hall–Kier alpha value is -2.71. The Balaban J connectivity index is 1.65. The first-order chi connectivity index (χ1) is 13.4. The second-order valence-electron chi connectivity index (χ2n) is 6.12. The molecule has 0 aliphatic carbocycles. The Morgan fingerprint density at radius 1 is 1.04 bits per heavy atom. The highest BCUT2D eigenvalue weighted by Crippen LogP contribution is 2.25. The van der Waals surface area contributed by atoms with E-state index < -0.39 is 10.0 Å². The molecule has 0 saturated heterocycles. The van der Waals surface area contributed by atoms with Gasteiger partial charge in [0.25, 0.3) is 10.0 Å². The molecule has 28 heavy (non-hydrogen) atoms. The number of aryl methyl sites for hydroxylation is 1. The Morgan fingerprint density at radius 2 is 1.79 bits per heavy atom. The second-order valence-corrected chi connectivity index (χ2v) is 8.25.